The lowest BCUT2D eigenvalue weighted by molar-refractivity contribution is 0.377. The predicted octanol–water partition coefficient (Wildman–Crippen LogP) is 5.92. The number of ether oxygens (including phenoxy) is 2. The molecule has 182 valence electrons. The Hall–Kier alpha value is -2.61. The van der Waals surface area contributed by atoms with E-state index in [0.717, 1.165) is 27.5 Å². The van der Waals surface area contributed by atoms with E-state index in [1.54, 1.807) is 35.9 Å². The van der Waals surface area contributed by atoms with Crippen LogP contribution in [0, 0.1) is 5.92 Å². The van der Waals surface area contributed by atoms with Gasteiger partial charge in [0.05, 0.1) is 19.5 Å². The highest BCUT2D eigenvalue weighted by Gasteiger charge is 2.36. The molecule has 5 nitrogen and oxygen atoms in total. The summed E-state index contributed by atoms with van der Waals surface area (Å²) in [5, 5.41) is 1.43. The summed E-state index contributed by atoms with van der Waals surface area (Å²) in [4.78, 5) is 1.07. The van der Waals surface area contributed by atoms with Gasteiger partial charge in [-0.2, -0.15) is 4.31 Å². The number of allylic oxidation sites excluding steroid dienone is 1. The van der Waals surface area contributed by atoms with Gasteiger partial charge in [0.15, 0.2) is 0 Å². The van der Waals surface area contributed by atoms with Crippen molar-refractivity contribution in [2.75, 3.05) is 14.2 Å². The molecule has 2 atom stereocenters. The average molecular weight is 500 g/mol. The number of hydrogen-bond donors (Lipinski definition) is 0. The number of thiophene rings is 1. The SMILES string of the molecule is C=CC[C@H](C)[C@H](Cc1cccs1)S(=O)(=O)N(Cc1ccc(OC)cc1)Cc1ccc(OC)cc1. The first-order valence-corrected chi connectivity index (χ1v) is 13.6. The fourth-order valence-electron chi connectivity index (χ4n) is 3.94. The van der Waals surface area contributed by atoms with Crippen LogP contribution in [0.5, 0.6) is 11.5 Å². The van der Waals surface area contributed by atoms with Crippen molar-refractivity contribution in [3.8, 4) is 11.5 Å². The van der Waals surface area contributed by atoms with Gasteiger partial charge < -0.3 is 9.47 Å². The molecule has 0 unspecified atom stereocenters. The molecule has 0 fully saturated rings. The van der Waals surface area contributed by atoms with Crippen molar-refractivity contribution in [1.82, 2.24) is 4.31 Å². The molecular formula is C27H33NO4S2. The molecule has 2 aromatic carbocycles. The molecule has 1 aromatic heterocycles. The van der Waals surface area contributed by atoms with Gasteiger partial charge in [0.2, 0.25) is 10.0 Å². The van der Waals surface area contributed by atoms with Gasteiger partial charge in [0.1, 0.15) is 11.5 Å². The van der Waals surface area contributed by atoms with E-state index in [0.29, 0.717) is 12.8 Å². The van der Waals surface area contributed by atoms with Gasteiger partial charge in [-0.15, -0.1) is 17.9 Å². The Bertz CT molecular complexity index is 1070. The topological polar surface area (TPSA) is 55.8 Å². The molecule has 0 bridgehead atoms. The lowest BCUT2D eigenvalue weighted by Gasteiger charge is -2.31. The predicted molar refractivity (Wildman–Crippen MR) is 140 cm³/mol. The van der Waals surface area contributed by atoms with Crippen LogP contribution in [0.4, 0.5) is 0 Å². The fourth-order valence-corrected chi connectivity index (χ4v) is 6.94. The second kappa shape index (κ2) is 12.2. The van der Waals surface area contributed by atoms with E-state index in [4.69, 9.17) is 9.47 Å². The molecule has 0 N–H and O–H groups in total. The number of hydrogen-bond acceptors (Lipinski definition) is 5. The van der Waals surface area contributed by atoms with Crippen LogP contribution in [0.3, 0.4) is 0 Å². The molecule has 0 aliphatic carbocycles. The van der Waals surface area contributed by atoms with E-state index in [9.17, 15) is 8.42 Å². The Morgan fingerprint density at radius 1 is 0.941 bits per heavy atom. The molecule has 0 aliphatic heterocycles. The molecule has 1 heterocycles. The van der Waals surface area contributed by atoms with E-state index in [-0.39, 0.29) is 19.0 Å². The Morgan fingerprint density at radius 3 is 1.88 bits per heavy atom. The van der Waals surface area contributed by atoms with Crippen molar-refractivity contribution in [2.45, 2.75) is 38.1 Å². The van der Waals surface area contributed by atoms with Gasteiger partial charge >= 0.3 is 0 Å². The van der Waals surface area contributed by atoms with E-state index in [2.05, 4.69) is 6.58 Å². The summed E-state index contributed by atoms with van der Waals surface area (Å²) >= 11 is 1.59. The van der Waals surface area contributed by atoms with Gasteiger partial charge in [-0.25, -0.2) is 8.42 Å². The van der Waals surface area contributed by atoms with Gasteiger partial charge in [-0.1, -0.05) is 43.3 Å². The summed E-state index contributed by atoms with van der Waals surface area (Å²) in [7, 11) is -0.425. The van der Waals surface area contributed by atoms with Crippen LogP contribution >= 0.6 is 11.3 Å². The summed E-state index contributed by atoms with van der Waals surface area (Å²) in [6.45, 7) is 6.40. The lowest BCUT2D eigenvalue weighted by atomic mass is 10.0. The van der Waals surface area contributed by atoms with Crippen LogP contribution in [0.25, 0.3) is 0 Å². The van der Waals surface area contributed by atoms with Crippen LogP contribution < -0.4 is 9.47 Å². The molecule has 34 heavy (non-hydrogen) atoms. The quantitative estimate of drug-likeness (QED) is 0.274. The zero-order valence-electron chi connectivity index (χ0n) is 20.0. The van der Waals surface area contributed by atoms with Crippen molar-refractivity contribution in [3.63, 3.8) is 0 Å². The van der Waals surface area contributed by atoms with Crippen molar-refractivity contribution in [1.29, 1.82) is 0 Å². The normalized spacial score (nSPS) is 13.4. The Kier molecular flexibility index (Phi) is 9.33. The largest absolute Gasteiger partial charge is 0.497 e. The number of methoxy groups -OCH3 is 2. The highest BCUT2D eigenvalue weighted by Crippen LogP contribution is 2.29. The minimum Gasteiger partial charge on any atom is -0.497 e. The van der Waals surface area contributed by atoms with Gasteiger partial charge in [-0.3, -0.25) is 0 Å². The molecular weight excluding hydrogens is 466 g/mol. The molecule has 0 spiro atoms. The number of nitrogens with zero attached hydrogens (tertiary/aromatic N) is 1. The standard InChI is InChI=1S/C27H33NO4S2/c1-5-7-21(2)27(18-26-8-6-17-33-26)34(29,30)28(19-22-9-13-24(31-3)14-10-22)20-23-11-15-25(32-4)16-12-23/h5-6,8-17,21,27H,1,7,18-20H2,2-4H3/t21-,27-/m0/s1. The molecule has 0 saturated heterocycles. The van der Waals surface area contributed by atoms with E-state index >= 15 is 0 Å². The summed E-state index contributed by atoms with van der Waals surface area (Å²) in [6.07, 6.45) is 2.92. The van der Waals surface area contributed by atoms with Gasteiger partial charge in [-0.05, 0) is 59.2 Å². The minimum atomic E-state index is -3.66. The Labute approximate surface area is 207 Å². The molecule has 0 radical (unpaired) electrons. The van der Waals surface area contributed by atoms with Crippen LogP contribution in [-0.4, -0.2) is 32.2 Å². The smallest absolute Gasteiger partial charge is 0.218 e. The van der Waals surface area contributed by atoms with Gasteiger partial charge in [0, 0.05) is 24.4 Å². The first-order chi connectivity index (χ1) is 16.4. The maximum absolute atomic E-state index is 14.2. The van der Waals surface area contributed by atoms with Crippen LogP contribution in [0.2, 0.25) is 0 Å². The fraction of sp³-hybridized carbons (Fsp3) is 0.333. The molecule has 0 saturated carbocycles. The number of rotatable bonds is 13. The third kappa shape index (κ3) is 6.72. The third-order valence-corrected chi connectivity index (χ3v) is 9.21. The Morgan fingerprint density at radius 2 is 1.47 bits per heavy atom. The summed E-state index contributed by atoms with van der Waals surface area (Å²) in [5.41, 5.74) is 1.81. The second-order valence-corrected chi connectivity index (χ2v) is 11.5. The maximum atomic E-state index is 14.2. The average Bonchev–Trinajstić information content (AvgIpc) is 3.36. The van der Waals surface area contributed by atoms with Crippen molar-refractivity contribution in [3.05, 3.63) is 94.7 Å². The maximum Gasteiger partial charge on any atom is 0.218 e. The number of sulfonamides is 1. The summed E-state index contributed by atoms with van der Waals surface area (Å²) in [5.74, 6) is 1.41. The zero-order chi connectivity index (χ0) is 24.6. The van der Waals surface area contributed by atoms with Crippen molar-refractivity contribution < 1.29 is 17.9 Å². The minimum absolute atomic E-state index is 0.0705. The molecule has 0 aliphatic rings. The first-order valence-electron chi connectivity index (χ1n) is 11.3. The van der Waals surface area contributed by atoms with Crippen molar-refractivity contribution >= 4 is 21.4 Å². The van der Waals surface area contributed by atoms with Crippen LogP contribution in [0.15, 0.2) is 78.7 Å². The molecule has 3 rings (SSSR count). The Balaban J connectivity index is 1.97. The van der Waals surface area contributed by atoms with E-state index in [1.165, 1.54) is 0 Å². The van der Waals surface area contributed by atoms with Crippen LogP contribution in [-0.2, 0) is 29.5 Å². The summed E-state index contributed by atoms with van der Waals surface area (Å²) < 4.78 is 40.5. The zero-order valence-corrected chi connectivity index (χ0v) is 21.6. The van der Waals surface area contributed by atoms with E-state index < -0.39 is 15.3 Å². The second-order valence-electron chi connectivity index (χ2n) is 8.33. The molecule has 0 amide bonds. The van der Waals surface area contributed by atoms with Gasteiger partial charge in [0.25, 0.3) is 0 Å². The van der Waals surface area contributed by atoms with Crippen LogP contribution in [0.1, 0.15) is 29.3 Å². The highest BCUT2D eigenvalue weighted by molar-refractivity contribution is 7.89. The number of benzene rings is 2. The molecule has 7 heteroatoms. The highest BCUT2D eigenvalue weighted by atomic mass is 32.2. The van der Waals surface area contributed by atoms with E-state index in [1.807, 2.05) is 73.0 Å². The first kappa shape index (κ1) is 26.0. The summed E-state index contributed by atoms with van der Waals surface area (Å²) in [6, 6.07) is 19.1. The van der Waals surface area contributed by atoms with Crippen molar-refractivity contribution in [2.24, 2.45) is 5.92 Å². The lowest BCUT2D eigenvalue weighted by Crippen LogP contribution is -2.42. The monoisotopic (exact) mass is 499 g/mol. The third-order valence-electron chi connectivity index (χ3n) is 5.93. The molecule has 3 aromatic rings.